The summed E-state index contributed by atoms with van der Waals surface area (Å²) < 4.78 is 20.4. The van der Waals surface area contributed by atoms with E-state index in [2.05, 4.69) is 10.6 Å². The number of nitrogens with one attached hydrogen (secondary N) is 3. The fourth-order valence-corrected chi connectivity index (χ4v) is 2.18. The zero-order valence-electron chi connectivity index (χ0n) is 16.9. The molecule has 3 N–H and O–H groups in total. The van der Waals surface area contributed by atoms with Crippen molar-refractivity contribution in [1.82, 2.24) is 16.0 Å². The van der Waals surface area contributed by atoms with Gasteiger partial charge in [0.1, 0.15) is 6.54 Å². The average molecular weight is 411 g/mol. The van der Waals surface area contributed by atoms with Crippen molar-refractivity contribution in [2.45, 2.75) is 20.0 Å². The van der Waals surface area contributed by atoms with Crippen LogP contribution in [-0.4, -0.2) is 64.3 Å². The van der Waals surface area contributed by atoms with E-state index in [9.17, 15) is 19.2 Å². The number of urea groups is 1. The molecule has 4 amide bonds. The van der Waals surface area contributed by atoms with Crippen LogP contribution in [0.3, 0.4) is 0 Å². The van der Waals surface area contributed by atoms with E-state index in [4.69, 9.17) is 18.9 Å². The van der Waals surface area contributed by atoms with Crippen molar-refractivity contribution in [1.29, 1.82) is 0 Å². The van der Waals surface area contributed by atoms with Crippen LogP contribution in [0, 0.1) is 0 Å². The molecule has 1 rings (SSSR count). The Bertz CT molecular complexity index is 740. The molecule has 0 aliphatic heterocycles. The van der Waals surface area contributed by atoms with Crippen molar-refractivity contribution in [3.05, 3.63) is 17.7 Å². The second-order valence-electron chi connectivity index (χ2n) is 5.58. The van der Waals surface area contributed by atoms with E-state index in [1.54, 1.807) is 6.92 Å². The summed E-state index contributed by atoms with van der Waals surface area (Å²) in [7, 11) is 4.24. The summed E-state index contributed by atoms with van der Waals surface area (Å²) >= 11 is 0. The minimum atomic E-state index is -1.22. The van der Waals surface area contributed by atoms with Gasteiger partial charge in [-0.15, -0.1) is 0 Å². The number of esters is 1. The quantitative estimate of drug-likeness (QED) is 0.490. The normalized spacial score (nSPS) is 10.9. The number of hydrogen-bond acceptors (Lipinski definition) is 8. The van der Waals surface area contributed by atoms with Gasteiger partial charge in [0.05, 0.1) is 21.3 Å². The second-order valence-corrected chi connectivity index (χ2v) is 5.58. The number of amides is 4. The Balaban J connectivity index is 2.67. The Hall–Kier alpha value is -3.50. The Morgan fingerprint density at radius 3 is 2.03 bits per heavy atom. The van der Waals surface area contributed by atoms with Gasteiger partial charge in [0.25, 0.3) is 11.8 Å². The van der Waals surface area contributed by atoms with Crippen LogP contribution in [0.4, 0.5) is 4.79 Å². The summed E-state index contributed by atoms with van der Waals surface area (Å²) in [6, 6.07) is 2.14. The maximum absolute atomic E-state index is 12.3. The highest BCUT2D eigenvalue weighted by molar-refractivity contribution is 5.98. The molecule has 0 saturated heterocycles. The third-order valence-electron chi connectivity index (χ3n) is 3.57. The smallest absolute Gasteiger partial charge is 0.326 e. The predicted octanol–water partition coefficient (Wildman–Crippen LogP) is 0.220. The first-order chi connectivity index (χ1) is 13.8. The molecule has 1 unspecified atom stereocenters. The average Bonchev–Trinajstić information content (AvgIpc) is 2.70. The Morgan fingerprint density at radius 2 is 1.55 bits per heavy atom. The third kappa shape index (κ3) is 6.87. The molecule has 11 heteroatoms. The molecule has 0 spiro atoms. The zero-order chi connectivity index (χ0) is 22.0. The zero-order valence-corrected chi connectivity index (χ0v) is 16.9. The van der Waals surface area contributed by atoms with Gasteiger partial charge in [0.2, 0.25) is 5.75 Å². The van der Waals surface area contributed by atoms with Crippen LogP contribution in [-0.2, 0) is 14.3 Å². The number of carbonyl (C=O) groups is 4. The molecule has 29 heavy (non-hydrogen) atoms. The fraction of sp³-hybridized carbons (Fsp3) is 0.444. The fourth-order valence-electron chi connectivity index (χ4n) is 2.18. The van der Waals surface area contributed by atoms with Crippen molar-refractivity contribution in [3.8, 4) is 17.2 Å². The summed E-state index contributed by atoms with van der Waals surface area (Å²) in [5.41, 5.74) is 0.161. The maximum Gasteiger partial charge on any atom is 0.326 e. The van der Waals surface area contributed by atoms with Gasteiger partial charge in [0.15, 0.2) is 17.6 Å². The van der Waals surface area contributed by atoms with E-state index in [0.717, 1.165) is 0 Å². The van der Waals surface area contributed by atoms with Gasteiger partial charge in [0, 0.05) is 12.1 Å². The van der Waals surface area contributed by atoms with E-state index in [-0.39, 0.29) is 17.1 Å². The van der Waals surface area contributed by atoms with Crippen LogP contribution in [0.2, 0.25) is 0 Å². The molecule has 11 nitrogen and oxygen atoms in total. The monoisotopic (exact) mass is 411 g/mol. The van der Waals surface area contributed by atoms with Crippen molar-refractivity contribution >= 4 is 23.8 Å². The van der Waals surface area contributed by atoms with Crippen LogP contribution >= 0.6 is 0 Å². The summed E-state index contributed by atoms with van der Waals surface area (Å²) in [5.74, 6) is -1.38. The van der Waals surface area contributed by atoms with Crippen molar-refractivity contribution in [2.24, 2.45) is 0 Å². The lowest BCUT2D eigenvalue weighted by molar-refractivity contribution is -0.153. The highest BCUT2D eigenvalue weighted by atomic mass is 16.5. The summed E-state index contributed by atoms with van der Waals surface area (Å²) in [6.07, 6.45) is -1.22. The lowest BCUT2D eigenvalue weighted by Crippen LogP contribution is -2.45. The first-order valence-corrected chi connectivity index (χ1v) is 8.63. The number of carbonyl (C=O) groups excluding carboxylic acids is 4. The molecule has 0 aromatic heterocycles. The van der Waals surface area contributed by atoms with Crippen molar-refractivity contribution in [2.75, 3.05) is 34.4 Å². The molecule has 0 heterocycles. The number of rotatable bonds is 9. The molecule has 0 saturated carbocycles. The van der Waals surface area contributed by atoms with E-state index in [1.165, 1.54) is 40.4 Å². The van der Waals surface area contributed by atoms with Gasteiger partial charge in [-0.25, -0.2) is 4.79 Å². The molecule has 1 atom stereocenters. The first kappa shape index (κ1) is 23.5. The van der Waals surface area contributed by atoms with E-state index in [1.807, 2.05) is 5.32 Å². The van der Waals surface area contributed by atoms with Gasteiger partial charge >= 0.3 is 12.0 Å². The highest BCUT2D eigenvalue weighted by Crippen LogP contribution is 2.38. The number of methoxy groups -OCH3 is 3. The van der Waals surface area contributed by atoms with E-state index in [0.29, 0.717) is 12.3 Å². The van der Waals surface area contributed by atoms with Gasteiger partial charge in [-0.3, -0.25) is 19.7 Å². The summed E-state index contributed by atoms with van der Waals surface area (Å²) in [6.45, 7) is 2.83. The lowest BCUT2D eigenvalue weighted by atomic mass is 10.1. The molecule has 0 fully saturated rings. The maximum atomic E-state index is 12.3. The molecule has 0 aliphatic carbocycles. The molecule has 1 aromatic carbocycles. The number of benzene rings is 1. The molecule has 1 aromatic rings. The van der Waals surface area contributed by atoms with Gasteiger partial charge in [-0.05, 0) is 26.0 Å². The van der Waals surface area contributed by atoms with Crippen LogP contribution in [0.1, 0.15) is 24.2 Å². The largest absolute Gasteiger partial charge is 0.493 e. The molecule has 0 radical (unpaired) electrons. The minimum absolute atomic E-state index is 0.161. The molecule has 160 valence electrons. The van der Waals surface area contributed by atoms with E-state index < -0.39 is 36.5 Å². The molecular weight excluding hydrogens is 386 g/mol. The van der Waals surface area contributed by atoms with Crippen LogP contribution < -0.4 is 30.2 Å². The van der Waals surface area contributed by atoms with Gasteiger partial charge in [-0.2, -0.15) is 0 Å². The first-order valence-electron chi connectivity index (χ1n) is 8.63. The van der Waals surface area contributed by atoms with Gasteiger partial charge in [-0.1, -0.05) is 0 Å². The van der Waals surface area contributed by atoms with Crippen molar-refractivity contribution in [3.63, 3.8) is 0 Å². The Morgan fingerprint density at radius 1 is 0.966 bits per heavy atom. The predicted molar refractivity (Wildman–Crippen MR) is 101 cm³/mol. The van der Waals surface area contributed by atoms with Crippen molar-refractivity contribution < 1.29 is 38.1 Å². The third-order valence-corrected chi connectivity index (χ3v) is 3.57. The summed E-state index contributed by atoms with van der Waals surface area (Å²) in [5, 5.41) is 6.76. The van der Waals surface area contributed by atoms with Gasteiger partial charge < -0.3 is 29.6 Å². The number of imide groups is 1. The second kappa shape index (κ2) is 11.4. The highest BCUT2D eigenvalue weighted by Gasteiger charge is 2.21. The topological polar surface area (TPSA) is 141 Å². The molecule has 0 aliphatic rings. The lowest BCUT2D eigenvalue weighted by Gasteiger charge is -2.15. The molecule has 0 bridgehead atoms. The summed E-state index contributed by atoms with van der Waals surface area (Å²) in [4.78, 5) is 47.2. The number of hydrogen-bond donors (Lipinski definition) is 3. The number of ether oxygens (including phenoxy) is 4. The standard InChI is InChI=1S/C18H25N3O8/c1-6-19-18(25)21-16(23)10(2)29-14(22)9-20-17(24)11-7-12(26-3)15(28-5)13(8-11)27-4/h7-8,10H,6,9H2,1-5H3,(H,20,24)(H2,19,21,23,25). The SMILES string of the molecule is CCNC(=O)NC(=O)C(C)OC(=O)CNC(=O)c1cc(OC)c(OC)c(OC)c1. The van der Waals surface area contributed by atoms with Crippen LogP contribution in [0.25, 0.3) is 0 Å². The Labute approximate surface area is 168 Å². The Kier molecular flexibility index (Phi) is 9.23. The van der Waals surface area contributed by atoms with Crippen LogP contribution in [0.5, 0.6) is 17.2 Å². The van der Waals surface area contributed by atoms with Crippen LogP contribution in [0.15, 0.2) is 12.1 Å². The minimum Gasteiger partial charge on any atom is -0.493 e. The van der Waals surface area contributed by atoms with E-state index >= 15 is 0 Å². The molecular formula is C18H25N3O8.